The van der Waals surface area contributed by atoms with Gasteiger partial charge in [0.2, 0.25) is 0 Å². The van der Waals surface area contributed by atoms with E-state index in [0.717, 1.165) is 16.7 Å². The van der Waals surface area contributed by atoms with Gasteiger partial charge in [-0.25, -0.2) is 0 Å². The molecule has 0 bridgehead atoms. The molecule has 3 aromatic rings. The third-order valence-electron chi connectivity index (χ3n) is 4.32. The first kappa shape index (κ1) is 19.8. The summed E-state index contributed by atoms with van der Waals surface area (Å²) in [5.41, 5.74) is 2.85. The summed E-state index contributed by atoms with van der Waals surface area (Å²) >= 11 is 6.01. The van der Waals surface area contributed by atoms with Crippen LogP contribution in [0.25, 0.3) is 0 Å². The van der Waals surface area contributed by atoms with E-state index in [1.165, 1.54) is 0 Å². The highest BCUT2D eigenvalue weighted by atomic mass is 35.5. The highest BCUT2D eigenvalue weighted by Gasteiger charge is 2.23. The topological polar surface area (TPSA) is 55.3 Å². The van der Waals surface area contributed by atoms with Crippen LogP contribution in [0.1, 0.15) is 23.6 Å². The van der Waals surface area contributed by atoms with Gasteiger partial charge >= 0.3 is 0 Å². The molecule has 0 aliphatic rings. The Morgan fingerprint density at radius 3 is 2.50 bits per heavy atom. The van der Waals surface area contributed by atoms with E-state index in [0.29, 0.717) is 23.9 Å². The molecule has 144 valence electrons. The van der Waals surface area contributed by atoms with Gasteiger partial charge in [0.05, 0.1) is 0 Å². The van der Waals surface area contributed by atoms with Gasteiger partial charge in [-0.05, 0) is 66.9 Å². The average Bonchev–Trinajstić information content (AvgIpc) is 2.70. The van der Waals surface area contributed by atoms with Gasteiger partial charge in [0, 0.05) is 42.9 Å². The van der Waals surface area contributed by atoms with E-state index in [-0.39, 0.29) is 5.91 Å². The van der Waals surface area contributed by atoms with Crippen molar-refractivity contribution in [3.63, 3.8) is 0 Å². The summed E-state index contributed by atoms with van der Waals surface area (Å²) < 4.78 is 5.94. The number of hydrogen-bond acceptors (Lipinski definition) is 4. The third-order valence-corrected chi connectivity index (χ3v) is 4.55. The van der Waals surface area contributed by atoms with Crippen LogP contribution in [0.5, 0.6) is 5.75 Å². The Morgan fingerprint density at radius 1 is 1.07 bits per heavy atom. The summed E-state index contributed by atoms with van der Waals surface area (Å²) in [6.45, 7) is 4.58. The first-order valence-electron chi connectivity index (χ1n) is 9.02. The number of rotatable bonds is 7. The predicted molar refractivity (Wildman–Crippen MR) is 109 cm³/mol. The van der Waals surface area contributed by atoms with Crippen LogP contribution in [-0.4, -0.2) is 26.9 Å². The zero-order valence-electron chi connectivity index (χ0n) is 15.9. The van der Waals surface area contributed by atoms with Crippen LogP contribution in [0, 0.1) is 6.92 Å². The number of amides is 1. The smallest absolute Gasteiger partial charge is 0.263 e. The van der Waals surface area contributed by atoms with Crippen LogP contribution < -0.4 is 4.74 Å². The number of carbonyl (C=O) groups is 1. The van der Waals surface area contributed by atoms with Gasteiger partial charge in [0.25, 0.3) is 5.91 Å². The highest BCUT2D eigenvalue weighted by Crippen LogP contribution is 2.23. The summed E-state index contributed by atoms with van der Waals surface area (Å²) in [7, 11) is 0. The lowest BCUT2D eigenvalue weighted by atomic mass is 10.2. The van der Waals surface area contributed by atoms with Crippen LogP contribution in [-0.2, 0) is 17.9 Å². The van der Waals surface area contributed by atoms with E-state index in [2.05, 4.69) is 9.97 Å². The molecule has 1 atom stereocenters. The van der Waals surface area contributed by atoms with E-state index in [9.17, 15) is 4.79 Å². The molecule has 6 heteroatoms. The minimum atomic E-state index is -0.640. The molecule has 0 aliphatic carbocycles. The van der Waals surface area contributed by atoms with Crippen molar-refractivity contribution in [1.82, 2.24) is 14.9 Å². The number of ether oxygens (including phenoxy) is 1. The minimum absolute atomic E-state index is 0.102. The molecule has 0 N–H and O–H groups in total. The number of nitrogens with zero attached hydrogens (tertiary/aromatic N) is 3. The number of halogens is 1. The van der Waals surface area contributed by atoms with Gasteiger partial charge in [0.15, 0.2) is 6.10 Å². The zero-order valence-corrected chi connectivity index (χ0v) is 16.6. The minimum Gasteiger partial charge on any atom is -0.481 e. The lowest BCUT2D eigenvalue weighted by Crippen LogP contribution is -2.39. The number of carbonyl (C=O) groups excluding carboxylic acids is 1. The molecule has 0 aliphatic heterocycles. The van der Waals surface area contributed by atoms with Crippen LogP contribution in [0.2, 0.25) is 5.02 Å². The fourth-order valence-corrected chi connectivity index (χ4v) is 3.10. The second-order valence-corrected chi connectivity index (χ2v) is 7.02. The van der Waals surface area contributed by atoms with E-state index in [4.69, 9.17) is 16.3 Å². The van der Waals surface area contributed by atoms with Crippen LogP contribution in [0.4, 0.5) is 0 Å². The molecule has 0 radical (unpaired) electrons. The molecule has 2 aromatic heterocycles. The summed E-state index contributed by atoms with van der Waals surface area (Å²) in [4.78, 5) is 23.1. The molecule has 5 nitrogen and oxygen atoms in total. The van der Waals surface area contributed by atoms with Crippen molar-refractivity contribution in [1.29, 1.82) is 0 Å². The number of benzene rings is 1. The predicted octanol–water partition coefficient (Wildman–Crippen LogP) is 4.43. The van der Waals surface area contributed by atoms with Gasteiger partial charge in [-0.2, -0.15) is 0 Å². The SMILES string of the molecule is Cc1cc(Cl)ccc1OC(C)C(=O)N(Cc1ccncc1)Cc1cccnc1. The number of pyridine rings is 2. The van der Waals surface area contributed by atoms with Crippen LogP contribution >= 0.6 is 11.6 Å². The zero-order chi connectivity index (χ0) is 19.9. The lowest BCUT2D eigenvalue weighted by Gasteiger charge is -2.26. The normalized spacial score (nSPS) is 11.7. The molecular weight excluding hydrogens is 374 g/mol. The largest absolute Gasteiger partial charge is 0.481 e. The van der Waals surface area contributed by atoms with Crippen molar-refractivity contribution < 1.29 is 9.53 Å². The Morgan fingerprint density at radius 2 is 1.82 bits per heavy atom. The summed E-state index contributed by atoms with van der Waals surface area (Å²) in [5, 5.41) is 0.639. The second kappa shape index (κ2) is 9.33. The van der Waals surface area contributed by atoms with E-state index in [1.807, 2.05) is 37.3 Å². The molecule has 1 unspecified atom stereocenters. The average molecular weight is 396 g/mol. The maximum absolute atomic E-state index is 13.2. The standard InChI is InChI=1S/C22H22ClN3O2/c1-16-12-20(23)5-6-21(16)28-17(2)22(27)26(14-18-7-10-24-11-8-18)15-19-4-3-9-25-13-19/h3-13,17H,14-15H2,1-2H3. The van der Waals surface area contributed by atoms with Gasteiger partial charge in [-0.15, -0.1) is 0 Å². The van der Waals surface area contributed by atoms with Crippen molar-refractivity contribution in [2.75, 3.05) is 0 Å². The Labute approximate surface area is 170 Å². The van der Waals surface area contributed by atoms with E-state index in [1.54, 1.807) is 48.7 Å². The fraction of sp³-hybridized carbons (Fsp3) is 0.227. The van der Waals surface area contributed by atoms with Crippen molar-refractivity contribution in [3.8, 4) is 5.75 Å². The molecule has 3 rings (SSSR count). The van der Waals surface area contributed by atoms with Crippen LogP contribution in [0.15, 0.2) is 67.3 Å². The molecule has 1 aromatic carbocycles. The second-order valence-electron chi connectivity index (χ2n) is 6.58. The maximum Gasteiger partial charge on any atom is 0.263 e. The summed E-state index contributed by atoms with van der Waals surface area (Å²) in [6, 6.07) is 13.0. The number of aryl methyl sites for hydroxylation is 1. The molecule has 0 spiro atoms. The van der Waals surface area contributed by atoms with Crippen molar-refractivity contribution in [2.24, 2.45) is 0 Å². The van der Waals surface area contributed by atoms with Gasteiger partial charge in [-0.3, -0.25) is 14.8 Å². The Balaban J connectivity index is 1.78. The monoisotopic (exact) mass is 395 g/mol. The van der Waals surface area contributed by atoms with E-state index >= 15 is 0 Å². The first-order chi connectivity index (χ1) is 13.5. The molecule has 0 saturated heterocycles. The number of hydrogen-bond donors (Lipinski definition) is 0. The van der Waals surface area contributed by atoms with Crippen LogP contribution in [0.3, 0.4) is 0 Å². The molecule has 28 heavy (non-hydrogen) atoms. The van der Waals surface area contributed by atoms with Gasteiger partial charge < -0.3 is 9.64 Å². The lowest BCUT2D eigenvalue weighted by molar-refractivity contribution is -0.139. The first-order valence-corrected chi connectivity index (χ1v) is 9.40. The maximum atomic E-state index is 13.2. The quantitative estimate of drug-likeness (QED) is 0.593. The third kappa shape index (κ3) is 5.30. The van der Waals surface area contributed by atoms with Gasteiger partial charge in [0.1, 0.15) is 5.75 Å². The molecular formula is C22H22ClN3O2. The summed E-state index contributed by atoms with van der Waals surface area (Å²) in [6.07, 6.45) is 6.28. The fourth-order valence-electron chi connectivity index (χ4n) is 2.88. The Hall–Kier alpha value is -2.92. The van der Waals surface area contributed by atoms with Crippen molar-refractivity contribution in [2.45, 2.75) is 33.0 Å². The molecule has 0 saturated carbocycles. The van der Waals surface area contributed by atoms with Crippen molar-refractivity contribution in [3.05, 3.63) is 89.0 Å². The molecule has 2 heterocycles. The molecule has 1 amide bonds. The summed E-state index contributed by atoms with van der Waals surface area (Å²) in [5.74, 6) is 0.547. The number of aromatic nitrogens is 2. The van der Waals surface area contributed by atoms with E-state index < -0.39 is 6.10 Å². The Bertz CT molecular complexity index is 878. The van der Waals surface area contributed by atoms with Crippen molar-refractivity contribution >= 4 is 17.5 Å². The Kier molecular flexibility index (Phi) is 6.61. The highest BCUT2D eigenvalue weighted by molar-refractivity contribution is 6.30. The van der Waals surface area contributed by atoms with Gasteiger partial charge in [-0.1, -0.05) is 17.7 Å². The molecule has 0 fully saturated rings.